The molecule has 0 aromatic heterocycles. The summed E-state index contributed by atoms with van der Waals surface area (Å²) in [5.74, 6) is 1.04. The molecule has 4 heteroatoms. The third-order valence-corrected chi connectivity index (χ3v) is 5.57. The molecule has 0 radical (unpaired) electrons. The second kappa shape index (κ2) is 5.98. The standard InChI is InChI=1S/C20H22ClNO2/c1-11(2)12-3-6-18-16(9-12)20-15(7-8-24-20)19(22-18)14-5-4-13(23)10-17(14)21/h3-6,9-11,15,19-20,22-23H,7-8H2,1-2H3. The summed E-state index contributed by atoms with van der Waals surface area (Å²) in [5, 5.41) is 13.9. The fourth-order valence-corrected chi connectivity index (χ4v) is 4.22. The molecule has 3 atom stereocenters. The van der Waals surface area contributed by atoms with Gasteiger partial charge in [0.15, 0.2) is 0 Å². The molecule has 24 heavy (non-hydrogen) atoms. The van der Waals surface area contributed by atoms with Crippen molar-refractivity contribution in [3.05, 3.63) is 58.1 Å². The first-order valence-corrected chi connectivity index (χ1v) is 8.93. The van der Waals surface area contributed by atoms with E-state index in [9.17, 15) is 5.11 Å². The summed E-state index contributed by atoms with van der Waals surface area (Å²) in [6.45, 7) is 5.20. The van der Waals surface area contributed by atoms with Crippen LogP contribution in [0.4, 0.5) is 5.69 Å². The Kier molecular flexibility index (Phi) is 3.93. The number of aromatic hydroxyl groups is 1. The van der Waals surface area contributed by atoms with Gasteiger partial charge < -0.3 is 15.2 Å². The van der Waals surface area contributed by atoms with Crippen LogP contribution >= 0.6 is 11.6 Å². The van der Waals surface area contributed by atoms with Crippen molar-refractivity contribution in [2.45, 2.75) is 38.3 Å². The highest BCUT2D eigenvalue weighted by molar-refractivity contribution is 6.31. The molecule has 0 aliphatic carbocycles. The van der Waals surface area contributed by atoms with Crippen LogP contribution in [-0.2, 0) is 4.74 Å². The van der Waals surface area contributed by atoms with E-state index < -0.39 is 0 Å². The van der Waals surface area contributed by atoms with Crippen molar-refractivity contribution in [2.75, 3.05) is 11.9 Å². The molecule has 2 aromatic carbocycles. The van der Waals surface area contributed by atoms with Gasteiger partial charge in [0.1, 0.15) is 5.75 Å². The van der Waals surface area contributed by atoms with E-state index in [0.717, 1.165) is 24.3 Å². The lowest BCUT2D eigenvalue weighted by Gasteiger charge is -2.37. The predicted molar refractivity (Wildman–Crippen MR) is 96.8 cm³/mol. The first-order chi connectivity index (χ1) is 11.5. The van der Waals surface area contributed by atoms with Crippen molar-refractivity contribution in [3.63, 3.8) is 0 Å². The fraction of sp³-hybridized carbons (Fsp3) is 0.400. The molecule has 3 nitrogen and oxygen atoms in total. The van der Waals surface area contributed by atoms with Gasteiger partial charge in [-0.2, -0.15) is 0 Å². The number of rotatable bonds is 2. The van der Waals surface area contributed by atoms with Crippen LogP contribution in [0.15, 0.2) is 36.4 Å². The maximum Gasteiger partial charge on any atom is 0.117 e. The largest absolute Gasteiger partial charge is 0.508 e. The molecular formula is C20H22ClNO2. The molecule has 1 saturated heterocycles. The fourth-order valence-electron chi connectivity index (χ4n) is 3.93. The van der Waals surface area contributed by atoms with Crippen molar-refractivity contribution < 1.29 is 9.84 Å². The summed E-state index contributed by atoms with van der Waals surface area (Å²) in [6, 6.07) is 11.9. The third-order valence-electron chi connectivity index (χ3n) is 5.24. The summed E-state index contributed by atoms with van der Waals surface area (Å²) in [5.41, 5.74) is 4.74. The zero-order valence-corrected chi connectivity index (χ0v) is 14.7. The molecule has 0 saturated carbocycles. The van der Waals surface area contributed by atoms with Crippen LogP contribution in [-0.4, -0.2) is 11.7 Å². The number of ether oxygens (including phenoxy) is 1. The Bertz CT molecular complexity index is 774. The normalized spacial score (nSPS) is 25.2. The number of hydrogen-bond acceptors (Lipinski definition) is 3. The van der Waals surface area contributed by atoms with E-state index in [2.05, 4.69) is 37.4 Å². The maximum atomic E-state index is 9.63. The lowest BCUT2D eigenvalue weighted by atomic mass is 9.80. The molecule has 1 fully saturated rings. The minimum absolute atomic E-state index is 0.1000. The topological polar surface area (TPSA) is 41.5 Å². The van der Waals surface area contributed by atoms with Crippen molar-refractivity contribution in [1.82, 2.24) is 0 Å². The van der Waals surface area contributed by atoms with E-state index in [1.807, 2.05) is 6.07 Å². The Hall–Kier alpha value is -1.71. The van der Waals surface area contributed by atoms with Crippen LogP contribution in [0.3, 0.4) is 0 Å². The second-order valence-electron chi connectivity index (χ2n) is 7.07. The van der Waals surface area contributed by atoms with Crippen LogP contribution in [0.5, 0.6) is 5.75 Å². The predicted octanol–water partition coefficient (Wildman–Crippen LogP) is 5.41. The summed E-state index contributed by atoms with van der Waals surface area (Å²) in [7, 11) is 0. The number of benzene rings is 2. The van der Waals surface area contributed by atoms with Gasteiger partial charge in [-0.25, -0.2) is 0 Å². The van der Waals surface area contributed by atoms with Crippen LogP contribution in [0.25, 0.3) is 0 Å². The van der Waals surface area contributed by atoms with E-state index in [1.165, 1.54) is 11.1 Å². The highest BCUT2D eigenvalue weighted by Crippen LogP contribution is 2.51. The van der Waals surface area contributed by atoms with Crippen LogP contribution in [0.1, 0.15) is 55.0 Å². The van der Waals surface area contributed by atoms with Crippen molar-refractivity contribution in [3.8, 4) is 5.75 Å². The molecule has 0 amide bonds. The number of hydrogen-bond donors (Lipinski definition) is 2. The molecule has 0 bridgehead atoms. The van der Waals surface area contributed by atoms with Crippen molar-refractivity contribution in [2.24, 2.45) is 5.92 Å². The smallest absolute Gasteiger partial charge is 0.117 e. The van der Waals surface area contributed by atoms with Gasteiger partial charge in [-0.15, -0.1) is 0 Å². The monoisotopic (exact) mass is 343 g/mol. The van der Waals surface area contributed by atoms with Crippen molar-refractivity contribution >= 4 is 17.3 Å². The van der Waals surface area contributed by atoms with E-state index in [1.54, 1.807) is 12.1 Å². The van der Waals surface area contributed by atoms with Gasteiger partial charge in [0.25, 0.3) is 0 Å². The second-order valence-corrected chi connectivity index (χ2v) is 7.48. The third kappa shape index (κ3) is 2.56. The Labute approximate surface area is 147 Å². The Balaban J connectivity index is 1.77. The Morgan fingerprint density at radius 1 is 1.17 bits per heavy atom. The summed E-state index contributed by atoms with van der Waals surface area (Å²) < 4.78 is 6.10. The van der Waals surface area contributed by atoms with E-state index in [4.69, 9.17) is 16.3 Å². The lowest BCUT2D eigenvalue weighted by Crippen LogP contribution is -2.29. The average Bonchev–Trinajstić information content (AvgIpc) is 3.04. The molecule has 0 spiro atoms. The zero-order chi connectivity index (χ0) is 16.8. The summed E-state index contributed by atoms with van der Waals surface area (Å²) in [4.78, 5) is 0. The van der Waals surface area contributed by atoms with Gasteiger partial charge in [0, 0.05) is 28.8 Å². The molecule has 3 unspecified atom stereocenters. The molecule has 4 rings (SSSR count). The number of halogens is 1. The van der Waals surface area contributed by atoms with Crippen molar-refractivity contribution in [1.29, 1.82) is 0 Å². The minimum atomic E-state index is 0.1000. The van der Waals surface area contributed by atoms with Crippen LogP contribution < -0.4 is 5.32 Å². The number of fused-ring (bicyclic) bond motifs is 3. The minimum Gasteiger partial charge on any atom is -0.508 e. The molecule has 2 N–H and O–H groups in total. The molecule has 126 valence electrons. The average molecular weight is 344 g/mol. The zero-order valence-electron chi connectivity index (χ0n) is 13.9. The SMILES string of the molecule is CC(C)c1ccc2c(c1)C1OCCC1C(c1ccc(O)cc1Cl)N2. The highest BCUT2D eigenvalue weighted by Gasteiger charge is 2.42. The number of nitrogens with one attached hydrogen (secondary N) is 1. The van der Waals surface area contributed by atoms with E-state index in [0.29, 0.717) is 16.9 Å². The van der Waals surface area contributed by atoms with Crippen LogP contribution in [0, 0.1) is 5.92 Å². The Morgan fingerprint density at radius 2 is 2.00 bits per heavy atom. The quantitative estimate of drug-likeness (QED) is 0.765. The number of anilines is 1. The maximum absolute atomic E-state index is 9.63. The first-order valence-electron chi connectivity index (χ1n) is 8.55. The van der Waals surface area contributed by atoms with Gasteiger partial charge in [-0.3, -0.25) is 0 Å². The number of phenols is 1. The molecule has 2 aliphatic rings. The van der Waals surface area contributed by atoms with Gasteiger partial charge in [0.2, 0.25) is 0 Å². The van der Waals surface area contributed by atoms with Crippen LogP contribution in [0.2, 0.25) is 5.02 Å². The van der Waals surface area contributed by atoms with E-state index >= 15 is 0 Å². The highest BCUT2D eigenvalue weighted by atomic mass is 35.5. The Morgan fingerprint density at radius 3 is 2.75 bits per heavy atom. The number of phenolic OH excluding ortho intramolecular Hbond substituents is 1. The summed E-state index contributed by atoms with van der Waals surface area (Å²) in [6.07, 6.45) is 1.11. The van der Waals surface area contributed by atoms with E-state index in [-0.39, 0.29) is 17.9 Å². The summed E-state index contributed by atoms with van der Waals surface area (Å²) >= 11 is 6.41. The molecule has 2 heterocycles. The van der Waals surface area contributed by atoms with Gasteiger partial charge >= 0.3 is 0 Å². The molecule has 2 aromatic rings. The van der Waals surface area contributed by atoms with Gasteiger partial charge in [-0.05, 0) is 41.7 Å². The lowest BCUT2D eigenvalue weighted by molar-refractivity contribution is 0.0828. The van der Waals surface area contributed by atoms with Gasteiger partial charge in [0.05, 0.1) is 12.1 Å². The molecule has 2 aliphatic heterocycles. The van der Waals surface area contributed by atoms with Gasteiger partial charge in [-0.1, -0.05) is 43.6 Å². The molecular weight excluding hydrogens is 322 g/mol. The first kappa shape index (κ1) is 15.8.